The average molecular weight is 349 g/mol. The van der Waals surface area contributed by atoms with Gasteiger partial charge in [-0.25, -0.2) is 14.2 Å². The van der Waals surface area contributed by atoms with Crippen LogP contribution >= 0.6 is 15.9 Å². The molecule has 1 aromatic carbocycles. The van der Waals surface area contributed by atoms with Crippen molar-refractivity contribution in [2.75, 3.05) is 20.8 Å². The van der Waals surface area contributed by atoms with Crippen LogP contribution in [0.5, 0.6) is 0 Å². The molecule has 0 aliphatic rings. The van der Waals surface area contributed by atoms with Crippen LogP contribution in [-0.2, 0) is 20.9 Å². The number of ether oxygens (including phenoxy) is 1. The summed E-state index contributed by atoms with van der Waals surface area (Å²) in [6.07, 6.45) is -0.779. The number of nitrogens with one attached hydrogen (secondary N) is 1. The van der Waals surface area contributed by atoms with Gasteiger partial charge >= 0.3 is 6.09 Å². The third-order valence-electron chi connectivity index (χ3n) is 2.41. The van der Waals surface area contributed by atoms with Crippen molar-refractivity contribution in [3.8, 4) is 0 Å². The van der Waals surface area contributed by atoms with Crippen LogP contribution in [0.4, 0.5) is 9.18 Å². The first-order chi connectivity index (χ1) is 9.45. The van der Waals surface area contributed by atoms with Crippen molar-refractivity contribution in [3.05, 3.63) is 34.1 Å². The molecule has 0 saturated carbocycles. The molecular formula is C12H14BrFN2O4. The lowest BCUT2D eigenvalue weighted by atomic mass is 10.2. The first-order valence-corrected chi connectivity index (χ1v) is 6.39. The molecule has 1 aromatic rings. The number of carbonyl (C=O) groups excluding carboxylic acids is 2. The Labute approximate surface area is 123 Å². The summed E-state index contributed by atoms with van der Waals surface area (Å²) in [5, 5.41) is 3.35. The number of nitrogens with zero attached hydrogens (tertiary/aromatic N) is 1. The zero-order chi connectivity index (χ0) is 15.1. The van der Waals surface area contributed by atoms with Gasteiger partial charge < -0.3 is 10.1 Å². The van der Waals surface area contributed by atoms with Crippen molar-refractivity contribution >= 4 is 27.9 Å². The van der Waals surface area contributed by atoms with Crippen LogP contribution in [0.15, 0.2) is 22.7 Å². The van der Waals surface area contributed by atoms with Gasteiger partial charge in [-0.15, -0.1) is 0 Å². The van der Waals surface area contributed by atoms with E-state index in [9.17, 15) is 14.0 Å². The fourth-order valence-corrected chi connectivity index (χ4v) is 1.63. The smallest absolute Gasteiger partial charge is 0.407 e. The fraction of sp³-hybridized carbons (Fsp3) is 0.333. The van der Waals surface area contributed by atoms with E-state index >= 15 is 0 Å². The molecule has 8 heteroatoms. The Kier molecular flexibility index (Phi) is 6.40. The van der Waals surface area contributed by atoms with E-state index in [1.807, 2.05) is 0 Å². The van der Waals surface area contributed by atoms with Crippen LogP contribution in [0.1, 0.15) is 5.56 Å². The SMILES string of the molecule is CON(C)C(=O)COC(=O)NCc1cccc(F)c1Br. The molecule has 110 valence electrons. The summed E-state index contributed by atoms with van der Waals surface area (Å²) in [6.45, 7) is -0.369. The zero-order valence-electron chi connectivity index (χ0n) is 11.0. The molecule has 0 aliphatic carbocycles. The normalized spacial score (nSPS) is 10.0. The molecule has 2 amide bonds. The van der Waals surface area contributed by atoms with Gasteiger partial charge in [0.15, 0.2) is 6.61 Å². The van der Waals surface area contributed by atoms with E-state index in [-0.39, 0.29) is 11.0 Å². The van der Waals surface area contributed by atoms with E-state index in [2.05, 4.69) is 30.8 Å². The first-order valence-electron chi connectivity index (χ1n) is 5.60. The summed E-state index contributed by atoms with van der Waals surface area (Å²) in [7, 11) is 2.72. The summed E-state index contributed by atoms with van der Waals surface area (Å²) in [4.78, 5) is 27.3. The maximum absolute atomic E-state index is 13.2. The van der Waals surface area contributed by atoms with Crippen LogP contribution in [0.25, 0.3) is 0 Å². The van der Waals surface area contributed by atoms with Crippen molar-refractivity contribution in [1.82, 2.24) is 10.4 Å². The Morgan fingerprint density at radius 1 is 1.45 bits per heavy atom. The predicted octanol–water partition coefficient (Wildman–Crippen LogP) is 1.83. The van der Waals surface area contributed by atoms with E-state index < -0.39 is 24.4 Å². The lowest BCUT2D eigenvalue weighted by molar-refractivity contribution is -0.171. The van der Waals surface area contributed by atoms with Gasteiger partial charge in [0.1, 0.15) is 5.82 Å². The fourth-order valence-electron chi connectivity index (χ4n) is 1.22. The summed E-state index contributed by atoms with van der Waals surface area (Å²) >= 11 is 3.08. The van der Waals surface area contributed by atoms with Crippen LogP contribution in [0.3, 0.4) is 0 Å². The second kappa shape index (κ2) is 7.81. The van der Waals surface area contributed by atoms with Crippen LogP contribution in [-0.4, -0.2) is 37.8 Å². The molecule has 1 N–H and O–H groups in total. The summed E-state index contributed by atoms with van der Waals surface area (Å²) in [5.74, 6) is -0.927. The van der Waals surface area contributed by atoms with Gasteiger partial charge in [-0.3, -0.25) is 9.63 Å². The lowest BCUT2D eigenvalue weighted by Gasteiger charge is -2.13. The van der Waals surface area contributed by atoms with E-state index in [0.717, 1.165) is 5.06 Å². The minimum atomic E-state index is -0.779. The van der Waals surface area contributed by atoms with Crippen LogP contribution < -0.4 is 5.32 Å². The van der Waals surface area contributed by atoms with Gasteiger partial charge in [0.2, 0.25) is 0 Å². The molecule has 0 spiro atoms. The molecule has 20 heavy (non-hydrogen) atoms. The summed E-state index contributed by atoms with van der Waals surface area (Å²) < 4.78 is 18.2. The number of carbonyl (C=O) groups is 2. The Balaban J connectivity index is 2.40. The zero-order valence-corrected chi connectivity index (χ0v) is 12.6. The van der Waals surface area contributed by atoms with E-state index in [4.69, 9.17) is 0 Å². The Morgan fingerprint density at radius 2 is 2.15 bits per heavy atom. The molecule has 0 bridgehead atoms. The molecule has 0 radical (unpaired) electrons. The quantitative estimate of drug-likeness (QED) is 0.824. The molecule has 0 atom stereocenters. The van der Waals surface area contributed by atoms with Crippen LogP contribution in [0, 0.1) is 5.82 Å². The Morgan fingerprint density at radius 3 is 2.80 bits per heavy atom. The highest BCUT2D eigenvalue weighted by atomic mass is 79.9. The molecular weight excluding hydrogens is 335 g/mol. The number of amides is 2. The number of likely N-dealkylation sites (N-methyl/N-ethyl adjacent to an activating group) is 1. The van der Waals surface area contributed by atoms with Crippen molar-refractivity contribution in [3.63, 3.8) is 0 Å². The Hall–Kier alpha value is -1.67. The van der Waals surface area contributed by atoms with Crippen molar-refractivity contribution < 1.29 is 23.6 Å². The predicted molar refractivity (Wildman–Crippen MR) is 72.1 cm³/mol. The summed E-state index contributed by atoms with van der Waals surface area (Å²) in [5.41, 5.74) is 0.558. The van der Waals surface area contributed by atoms with Crippen molar-refractivity contribution in [2.24, 2.45) is 0 Å². The molecule has 6 nitrogen and oxygen atoms in total. The minimum Gasteiger partial charge on any atom is -0.439 e. The second-order valence-corrected chi connectivity index (χ2v) is 4.51. The number of rotatable bonds is 5. The maximum Gasteiger partial charge on any atom is 0.407 e. The monoisotopic (exact) mass is 348 g/mol. The molecule has 0 aromatic heterocycles. The number of hydroxylamine groups is 2. The van der Waals surface area contributed by atoms with Gasteiger partial charge in [-0.1, -0.05) is 12.1 Å². The topological polar surface area (TPSA) is 67.9 Å². The van der Waals surface area contributed by atoms with Gasteiger partial charge in [-0.05, 0) is 27.6 Å². The highest BCUT2D eigenvalue weighted by Gasteiger charge is 2.12. The largest absolute Gasteiger partial charge is 0.439 e. The third-order valence-corrected chi connectivity index (χ3v) is 3.29. The molecule has 0 heterocycles. The van der Waals surface area contributed by atoms with E-state index in [1.54, 1.807) is 6.07 Å². The van der Waals surface area contributed by atoms with Crippen molar-refractivity contribution in [1.29, 1.82) is 0 Å². The number of hydrogen-bond donors (Lipinski definition) is 1. The molecule has 1 rings (SSSR count). The van der Waals surface area contributed by atoms with Crippen LogP contribution in [0.2, 0.25) is 0 Å². The number of halogens is 2. The van der Waals surface area contributed by atoms with Gasteiger partial charge in [-0.2, -0.15) is 0 Å². The number of hydrogen-bond acceptors (Lipinski definition) is 4. The molecule has 0 saturated heterocycles. The average Bonchev–Trinajstić information content (AvgIpc) is 2.45. The van der Waals surface area contributed by atoms with Gasteiger partial charge in [0, 0.05) is 13.6 Å². The van der Waals surface area contributed by atoms with Gasteiger partial charge in [0.25, 0.3) is 5.91 Å². The van der Waals surface area contributed by atoms with Crippen molar-refractivity contribution in [2.45, 2.75) is 6.54 Å². The third kappa shape index (κ3) is 4.78. The highest BCUT2D eigenvalue weighted by Crippen LogP contribution is 2.19. The Bertz CT molecular complexity index is 498. The lowest BCUT2D eigenvalue weighted by Crippen LogP contribution is -2.33. The first kappa shape index (κ1) is 16.4. The van der Waals surface area contributed by atoms with E-state index in [0.29, 0.717) is 5.56 Å². The molecule has 0 fully saturated rings. The standard InChI is InChI=1S/C12H14BrFN2O4/c1-16(19-2)10(17)7-20-12(18)15-6-8-4-3-5-9(14)11(8)13/h3-5H,6-7H2,1-2H3,(H,15,18). The van der Waals surface area contributed by atoms with E-state index in [1.165, 1.54) is 26.3 Å². The minimum absolute atomic E-state index is 0.0749. The molecule has 0 aliphatic heterocycles. The maximum atomic E-state index is 13.2. The molecule has 0 unspecified atom stereocenters. The second-order valence-electron chi connectivity index (χ2n) is 3.72. The van der Waals surface area contributed by atoms with Gasteiger partial charge in [0.05, 0.1) is 11.6 Å². The highest BCUT2D eigenvalue weighted by molar-refractivity contribution is 9.10. The summed E-state index contributed by atoms with van der Waals surface area (Å²) in [6, 6.07) is 4.47. The number of alkyl carbamates (subject to hydrolysis) is 1. The number of benzene rings is 1.